The summed E-state index contributed by atoms with van der Waals surface area (Å²) < 4.78 is 6.82. The largest absolute Gasteiger partial charge is 0.473 e. The molecular formula is C16H15BrN2O2. The minimum atomic E-state index is -0.0668. The van der Waals surface area contributed by atoms with Gasteiger partial charge in [-0.1, -0.05) is 15.9 Å². The molecule has 0 bridgehead atoms. The number of benzene rings is 2. The summed E-state index contributed by atoms with van der Waals surface area (Å²) in [5.74, 6) is 0.868. The van der Waals surface area contributed by atoms with Gasteiger partial charge in [0.2, 0.25) is 5.91 Å². The van der Waals surface area contributed by atoms with Gasteiger partial charge in [0.1, 0.15) is 5.75 Å². The van der Waals surface area contributed by atoms with Crippen LogP contribution in [0.25, 0.3) is 0 Å². The highest BCUT2D eigenvalue weighted by molar-refractivity contribution is 9.10. The number of hydrogen-bond donors (Lipinski definition) is 1. The van der Waals surface area contributed by atoms with Crippen LogP contribution in [-0.4, -0.2) is 12.6 Å². The number of ether oxygens (including phenoxy) is 1. The van der Waals surface area contributed by atoms with E-state index in [2.05, 4.69) is 32.2 Å². The Balaban J connectivity index is 1.78. The summed E-state index contributed by atoms with van der Waals surface area (Å²) in [6, 6.07) is 13.8. The second kappa shape index (κ2) is 5.77. The number of nitrogens with one attached hydrogen (secondary N) is 1. The topological polar surface area (TPSA) is 41.6 Å². The van der Waals surface area contributed by atoms with Gasteiger partial charge >= 0.3 is 0 Å². The van der Waals surface area contributed by atoms with Crippen molar-refractivity contribution in [3.63, 3.8) is 0 Å². The van der Waals surface area contributed by atoms with Crippen LogP contribution in [0.1, 0.15) is 12.5 Å². The molecule has 5 heteroatoms. The first-order valence-electron chi connectivity index (χ1n) is 6.65. The molecule has 1 amide bonds. The van der Waals surface area contributed by atoms with Crippen molar-refractivity contribution in [3.05, 3.63) is 52.5 Å². The number of carbonyl (C=O) groups is 1. The van der Waals surface area contributed by atoms with Crippen LogP contribution in [-0.2, 0) is 11.3 Å². The van der Waals surface area contributed by atoms with Crippen LogP contribution >= 0.6 is 15.9 Å². The number of fused-ring (bicyclic) bond motifs is 1. The van der Waals surface area contributed by atoms with Gasteiger partial charge in [-0.2, -0.15) is 0 Å². The van der Waals surface area contributed by atoms with Gasteiger partial charge in [-0.3, -0.25) is 4.79 Å². The Labute approximate surface area is 131 Å². The summed E-state index contributed by atoms with van der Waals surface area (Å²) in [5.41, 5.74) is 3.02. The highest BCUT2D eigenvalue weighted by Gasteiger charge is 2.17. The van der Waals surface area contributed by atoms with E-state index in [1.54, 1.807) is 0 Å². The second-order valence-electron chi connectivity index (χ2n) is 4.95. The molecule has 3 rings (SSSR count). The summed E-state index contributed by atoms with van der Waals surface area (Å²) in [6.45, 7) is 2.82. The number of amides is 1. The number of carbonyl (C=O) groups excluding carboxylic acids is 1. The van der Waals surface area contributed by atoms with Crippen LogP contribution in [0.5, 0.6) is 5.75 Å². The molecule has 1 aliphatic rings. The Hall–Kier alpha value is -2.01. The van der Waals surface area contributed by atoms with E-state index < -0.39 is 0 Å². The lowest BCUT2D eigenvalue weighted by Crippen LogP contribution is -2.31. The molecule has 0 aliphatic carbocycles. The summed E-state index contributed by atoms with van der Waals surface area (Å²) >= 11 is 3.48. The third-order valence-corrected chi connectivity index (χ3v) is 3.81. The summed E-state index contributed by atoms with van der Waals surface area (Å²) in [4.78, 5) is 13.2. The molecule has 1 aliphatic heterocycles. The van der Waals surface area contributed by atoms with Crippen molar-refractivity contribution >= 4 is 33.2 Å². The van der Waals surface area contributed by atoms with Gasteiger partial charge in [0, 0.05) is 34.9 Å². The number of nitrogens with zero attached hydrogens (tertiary/aromatic N) is 1. The average Bonchev–Trinajstić information content (AvgIpc) is 2.46. The molecule has 2 aromatic rings. The molecule has 108 valence electrons. The molecule has 0 atom stereocenters. The Morgan fingerprint density at radius 3 is 2.71 bits per heavy atom. The maximum atomic E-state index is 11.0. The highest BCUT2D eigenvalue weighted by atomic mass is 79.9. The number of anilines is 2. The summed E-state index contributed by atoms with van der Waals surface area (Å²) in [5, 5.41) is 2.76. The van der Waals surface area contributed by atoms with Crippen molar-refractivity contribution < 1.29 is 9.53 Å². The molecule has 0 radical (unpaired) electrons. The lowest BCUT2D eigenvalue weighted by Gasteiger charge is -2.31. The molecule has 0 aromatic heterocycles. The van der Waals surface area contributed by atoms with E-state index in [1.807, 2.05) is 36.4 Å². The zero-order valence-corrected chi connectivity index (χ0v) is 13.2. The van der Waals surface area contributed by atoms with E-state index in [-0.39, 0.29) is 5.91 Å². The predicted molar refractivity (Wildman–Crippen MR) is 86.6 cm³/mol. The van der Waals surface area contributed by atoms with Crippen molar-refractivity contribution in [1.82, 2.24) is 0 Å². The van der Waals surface area contributed by atoms with E-state index in [1.165, 1.54) is 6.92 Å². The third kappa shape index (κ3) is 3.19. The molecule has 1 heterocycles. The van der Waals surface area contributed by atoms with Crippen LogP contribution in [0.15, 0.2) is 46.9 Å². The SMILES string of the molecule is CC(=O)Nc1ccc(N2COc3ccc(Br)cc3C2)cc1. The first-order valence-corrected chi connectivity index (χ1v) is 7.45. The van der Waals surface area contributed by atoms with Crippen molar-refractivity contribution in [2.45, 2.75) is 13.5 Å². The first-order chi connectivity index (χ1) is 10.1. The maximum Gasteiger partial charge on any atom is 0.221 e. The van der Waals surface area contributed by atoms with E-state index in [4.69, 9.17) is 4.74 Å². The fourth-order valence-electron chi connectivity index (χ4n) is 2.34. The van der Waals surface area contributed by atoms with Gasteiger partial charge < -0.3 is 15.0 Å². The monoisotopic (exact) mass is 346 g/mol. The zero-order valence-electron chi connectivity index (χ0n) is 11.6. The Morgan fingerprint density at radius 2 is 2.00 bits per heavy atom. The van der Waals surface area contributed by atoms with Gasteiger partial charge in [-0.25, -0.2) is 0 Å². The zero-order chi connectivity index (χ0) is 14.8. The molecule has 21 heavy (non-hydrogen) atoms. The van der Waals surface area contributed by atoms with Crippen LogP contribution in [0, 0.1) is 0 Å². The molecule has 0 saturated heterocycles. The number of rotatable bonds is 2. The van der Waals surface area contributed by atoms with Gasteiger partial charge in [-0.15, -0.1) is 0 Å². The van der Waals surface area contributed by atoms with Crippen molar-refractivity contribution in [3.8, 4) is 5.75 Å². The molecule has 4 nitrogen and oxygen atoms in total. The minimum Gasteiger partial charge on any atom is -0.473 e. The van der Waals surface area contributed by atoms with E-state index in [9.17, 15) is 4.79 Å². The summed E-state index contributed by atoms with van der Waals surface area (Å²) in [7, 11) is 0. The Morgan fingerprint density at radius 1 is 1.24 bits per heavy atom. The molecule has 2 aromatic carbocycles. The highest BCUT2D eigenvalue weighted by Crippen LogP contribution is 2.30. The third-order valence-electron chi connectivity index (χ3n) is 3.31. The summed E-state index contributed by atoms with van der Waals surface area (Å²) in [6.07, 6.45) is 0. The molecule has 0 saturated carbocycles. The molecule has 0 fully saturated rings. The molecular weight excluding hydrogens is 332 g/mol. The Bertz CT molecular complexity index is 670. The normalized spacial score (nSPS) is 13.3. The fourth-order valence-corrected chi connectivity index (χ4v) is 2.74. The maximum absolute atomic E-state index is 11.0. The van der Waals surface area contributed by atoms with E-state index >= 15 is 0 Å². The van der Waals surface area contributed by atoms with Crippen molar-refractivity contribution in [1.29, 1.82) is 0 Å². The number of halogens is 1. The smallest absolute Gasteiger partial charge is 0.221 e. The number of hydrogen-bond acceptors (Lipinski definition) is 3. The molecule has 0 unspecified atom stereocenters. The van der Waals surface area contributed by atoms with E-state index in [0.29, 0.717) is 6.73 Å². The molecule has 1 N–H and O–H groups in total. The lowest BCUT2D eigenvalue weighted by molar-refractivity contribution is -0.114. The first kappa shape index (κ1) is 13.9. The second-order valence-corrected chi connectivity index (χ2v) is 5.87. The van der Waals surface area contributed by atoms with Gasteiger partial charge in [-0.05, 0) is 42.5 Å². The van der Waals surface area contributed by atoms with E-state index in [0.717, 1.165) is 33.7 Å². The Kier molecular flexibility index (Phi) is 3.84. The van der Waals surface area contributed by atoms with Crippen LogP contribution in [0.4, 0.5) is 11.4 Å². The molecule has 0 spiro atoms. The predicted octanol–water partition coefficient (Wildman–Crippen LogP) is 3.76. The van der Waals surface area contributed by atoms with Crippen molar-refractivity contribution in [2.24, 2.45) is 0 Å². The fraction of sp³-hybridized carbons (Fsp3) is 0.188. The minimum absolute atomic E-state index is 0.0668. The van der Waals surface area contributed by atoms with Gasteiger partial charge in [0.05, 0.1) is 0 Å². The standard InChI is InChI=1S/C16H15BrN2O2/c1-11(20)18-14-3-5-15(6-4-14)19-9-12-8-13(17)2-7-16(12)21-10-19/h2-8H,9-10H2,1H3,(H,18,20). The van der Waals surface area contributed by atoms with Crippen LogP contribution in [0.3, 0.4) is 0 Å². The van der Waals surface area contributed by atoms with Gasteiger partial charge in [0.15, 0.2) is 6.73 Å². The lowest BCUT2D eigenvalue weighted by atomic mass is 10.1. The van der Waals surface area contributed by atoms with Crippen LogP contribution < -0.4 is 15.0 Å². The quantitative estimate of drug-likeness (QED) is 0.899. The van der Waals surface area contributed by atoms with Crippen LogP contribution in [0.2, 0.25) is 0 Å². The average molecular weight is 347 g/mol. The van der Waals surface area contributed by atoms with Crippen molar-refractivity contribution in [2.75, 3.05) is 16.9 Å². The van der Waals surface area contributed by atoms with Gasteiger partial charge in [0.25, 0.3) is 0 Å².